The summed E-state index contributed by atoms with van der Waals surface area (Å²) < 4.78 is 9.90. The molecule has 1 N–H and O–H groups in total. The number of para-hydroxylation sites is 1. The topological polar surface area (TPSA) is 55.5 Å². The lowest BCUT2D eigenvalue weighted by atomic mass is 10.1. The number of benzene rings is 1. The first-order valence-corrected chi connectivity index (χ1v) is 8.87. The molecule has 1 aliphatic heterocycles. The standard InChI is InChI=1S/C18H24N4O2S/c1-3-10-21-17(15-8-4-5-9-16(15)24-2)19-22(18(21)25)13-20-11-6-7-14(23)12-20/h3-5,8-9,14,23H,1,6-7,10-13H2,2H3/t14-/m0/s1. The van der Waals surface area contributed by atoms with Crippen molar-refractivity contribution < 1.29 is 9.84 Å². The second kappa shape index (κ2) is 7.95. The largest absolute Gasteiger partial charge is 0.496 e. The molecular weight excluding hydrogens is 336 g/mol. The third kappa shape index (κ3) is 3.84. The highest BCUT2D eigenvalue weighted by molar-refractivity contribution is 7.71. The summed E-state index contributed by atoms with van der Waals surface area (Å²) in [5.41, 5.74) is 0.898. The molecule has 0 spiro atoms. The highest BCUT2D eigenvalue weighted by Gasteiger charge is 2.20. The number of allylic oxidation sites excluding steroid dienone is 1. The van der Waals surface area contributed by atoms with Gasteiger partial charge < -0.3 is 9.84 Å². The van der Waals surface area contributed by atoms with Crippen LogP contribution in [0.15, 0.2) is 36.9 Å². The fourth-order valence-corrected chi connectivity index (χ4v) is 3.46. The average molecular weight is 360 g/mol. The summed E-state index contributed by atoms with van der Waals surface area (Å²) in [5, 5.41) is 14.6. The van der Waals surface area contributed by atoms with E-state index >= 15 is 0 Å². The monoisotopic (exact) mass is 360 g/mol. The predicted octanol–water partition coefficient (Wildman–Crippen LogP) is 2.69. The zero-order chi connectivity index (χ0) is 17.8. The molecule has 0 radical (unpaired) electrons. The summed E-state index contributed by atoms with van der Waals surface area (Å²) in [6.07, 6.45) is 3.39. The highest BCUT2D eigenvalue weighted by Crippen LogP contribution is 2.29. The number of ether oxygens (including phenoxy) is 1. The Bertz CT molecular complexity index is 799. The number of hydrogen-bond acceptors (Lipinski definition) is 5. The highest BCUT2D eigenvalue weighted by atomic mass is 32.1. The van der Waals surface area contributed by atoms with Gasteiger partial charge in [0.05, 0.1) is 25.4 Å². The number of methoxy groups -OCH3 is 1. The van der Waals surface area contributed by atoms with E-state index in [0.29, 0.717) is 24.5 Å². The maximum absolute atomic E-state index is 9.88. The third-order valence-electron chi connectivity index (χ3n) is 4.40. The fourth-order valence-electron chi connectivity index (χ4n) is 3.20. The fraction of sp³-hybridized carbons (Fsp3) is 0.444. The maximum atomic E-state index is 9.88. The molecule has 0 unspecified atom stereocenters. The molecule has 2 heterocycles. The van der Waals surface area contributed by atoms with E-state index in [1.807, 2.05) is 39.6 Å². The van der Waals surface area contributed by atoms with Crippen molar-refractivity contribution in [3.63, 3.8) is 0 Å². The first-order chi connectivity index (χ1) is 12.1. The molecule has 0 aliphatic carbocycles. The van der Waals surface area contributed by atoms with E-state index in [0.717, 1.165) is 36.5 Å². The van der Waals surface area contributed by atoms with Crippen LogP contribution in [-0.4, -0.2) is 50.7 Å². The first-order valence-electron chi connectivity index (χ1n) is 8.46. The number of β-amino-alcohol motifs (C(OH)–C–C–N with tert-alkyl or cyclic N) is 1. The molecule has 1 aliphatic rings. The molecule has 25 heavy (non-hydrogen) atoms. The van der Waals surface area contributed by atoms with Gasteiger partial charge in [0, 0.05) is 19.6 Å². The average Bonchev–Trinajstić information content (AvgIpc) is 2.91. The zero-order valence-electron chi connectivity index (χ0n) is 14.5. The van der Waals surface area contributed by atoms with E-state index in [2.05, 4.69) is 11.5 Å². The van der Waals surface area contributed by atoms with Gasteiger partial charge in [-0.25, -0.2) is 4.68 Å². The molecule has 6 nitrogen and oxygen atoms in total. The van der Waals surface area contributed by atoms with Crippen LogP contribution in [0.4, 0.5) is 0 Å². The van der Waals surface area contributed by atoms with Crippen LogP contribution in [0.1, 0.15) is 12.8 Å². The van der Waals surface area contributed by atoms with Crippen LogP contribution in [0.2, 0.25) is 0 Å². The Kier molecular flexibility index (Phi) is 5.67. The van der Waals surface area contributed by atoms with Gasteiger partial charge in [0.2, 0.25) is 0 Å². The van der Waals surface area contributed by atoms with Crippen molar-refractivity contribution in [2.75, 3.05) is 20.2 Å². The van der Waals surface area contributed by atoms with Gasteiger partial charge in [0.25, 0.3) is 0 Å². The van der Waals surface area contributed by atoms with Crippen LogP contribution < -0.4 is 4.74 Å². The van der Waals surface area contributed by atoms with E-state index < -0.39 is 0 Å². The molecule has 0 amide bonds. The van der Waals surface area contributed by atoms with Crippen molar-refractivity contribution in [3.8, 4) is 17.1 Å². The van der Waals surface area contributed by atoms with Crippen molar-refractivity contribution in [3.05, 3.63) is 41.7 Å². The van der Waals surface area contributed by atoms with E-state index in [-0.39, 0.29) is 6.10 Å². The number of aliphatic hydroxyl groups is 1. The van der Waals surface area contributed by atoms with E-state index in [1.165, 1.54) is 0 Å². The number of nitrogens with zero attached hydrogens (tertiary/aromatic N) is 4. The van der Waals surface area contributed by atoms with Crippen LogP contribution in [0.5, 0.6) is 5.75 Å². The number of likely N-dealkylation sites (tertiary alicyclic amines) is 1. The molecule has 1 aromatic carbocycles. The normalized spacial score (nSPS) is 18.2. The summed E-state index contributed by atoms with van der Waals surface area (Å²) in [5.74, 6) is 1.52. The molecule has 3 rings (SSSR count). The lowest BCUT2D eigenvalue weighted by Gasteiger charge is -2.29. The van der Waals surface area contributed by atoms with E-state index in [1.54, 1.807) is 7.11 Å². The van der Waals surface area contributed by atoms with Gasteiger partial charge in [-0.05, 0) is 37.2 Å². The SMILES string of the molecule is C=CCn1c(-c2ccccc2OC)nn(CN2CCC[C@H](O)C2)c1=S. The second-order valence-corrected chi connectivity index (χ2v) is 6.58. The van der Waals surface area contributed by atoms with Gasteiger partial charge in [-0.3, -0.25) is 9.47 Å². The Morgan fingerprint density at radius 2 is 2.24 bits per heavy atom. The van der Waals surface area contributed by atoms with Gasteiger partial charge in [-0.15, -0.1) is 6.58 Å². The molecule has 1 aromatic heterocycles. The minimum atomic E-state index is -0.271. The number of hydrogen-bond donors (Lipinski definition) is 1. The van der Waals surface area contributed by atoms with Crippen LogP contribution in [0.25, 0.3) is 11.4 Å². The van der Waals surface area contributed by atoms with Crippen LogP contribution in [-0.2, 0) is 13.2 Å². The smallest absolute Gasteiger partial charge is 0.199 e. The molecule has 2 aromatic rings. The number of rotatable bonds is 6. The minimum absolute atomic E-state index is 0.271. The summed E-state index contributed by atoms with van der Waals surface area (Å²) >= 11 is 5.64. The maximum Gasteiger partial charge on any atom is 0.199 e. The van der Waals surface area contributed by atoms with Gasteiger partial charge in [0.15, 0.2) is 10.6 Å². The zero-order valence-corrected chi connectivity index (χ0v) is 15.3. The van der Waals surface area contributed by atoms with Crippen LogP contribution in [0, 0.1) is 4.77 Å². The van der Waals surface area contributed by atoms with Crippen molar-refractivity contribution in [2.24, 2.45) is 0 Å². The molecule has 1 atom stereocenters. The number of aromatic nitrogens is 3. The van der Waals surface area contributed by atoms with Gasteiger partial charge in [0.1, 0.15) is 5.75 Å². The quantitative estimate of drug-likeness (QED) is 0.634. The van der Waals surface area contributed by atoms with E-state index in [4.69, 9.17) is 22.1 Å². The Labute approximate surface area is 153 Å². The molecule has 0 bridgehead atoms. The van der Waals surface area contributed by atoms with Gasteiger partial charge >= 0.3 is 0 Å². The van der Waals surface area contributed by atoms with Gasteiger partial charge in [-0.2, -0.15) is 5.10 Å². The molecule has 1 saturated heterocycles. The Balaban J connectivity index is 1.98. The second-order valence-electron chi connectivity index (χ2n) is 6.22. The van der Waals surface area contributed by atoms with Crippen molar-refractivity contribution in [2.45, 2.75) is 32.2 Å². The minimum Gasteiger partial charge on any atom is -0.496 e. The Morgan fingerprint density at radius 1 is 1.44 bits per heavy atom. The number of piperidine rings is 1. The summed E-state index contributed by atoms with van der Waals surface area (Å²) in [7, 11) is 1.65. The summed E-state index contributed by atoms with van der Waals surface area (Å²) in [4.78, 5) is 2.18. The first kappa shape index (κ1) is 17.8. The number of aliphatic hydroxyl groups excluding tert-OH is 1. The van der Waals surface area contributed by atoms with Gasteiger partial charge in [-0.1, -0.05) is 18.2 Å². The molecule has 7 heteroatoms. The van der Waals surface area contributed by atoms with Crippen molar-refractivity contribution in [1.29, 1.82) is 0 Å². The van der Waals surface area contributed by atoms with Crippen molar-refractivity contribution in [1.82, 2.24) is 19.2 Å². The molecule has 134 valence electrons. The summed E-state index contributed by atoms with van der Waals surface area (Å²) in [6.45, 7) is 6.57. The summed E-state index contributed by atoms with van der Waals surface area (Å²) in [6, 6.07) is 7.78. The third-order valence-corrected chi connectivity index (χ3v) is 4.83. The molecule has 0 saturated carbocycles. The Hall–Kier alpha value is -1.96. The predicted molar refractivity (Wildman–Crippen MR) is 100 cm³/mol. The molecular formula is C18H24N4O2S. The van der Waals surface area contributed by atoms with Crippen molar-refractivity contribution >= 4 is 12.2 Å². The Morgan fingerprint density at radius 3 is 2.96 bits per heavy atom. The lowest BCUT2D eigenvalue weighted by molar-refractivity contribution is 0.0513. The van der Waals surface area contributed by atoms with Crippen LogP contribution in [0.3, 0.4) is 0 Å². The lowest BCUT2D eigenvalue weighted by Crippen LogP contribution is -2.39. The van der Waals surface area contributed by atoms with Crippen LogP contribution >= 0.6 is 12.2 Å². The molecule has 1 fully saturated rings. The van der Waals surface area contributed by atoms with E-state index in [9.17, 15) is 5.11 Å².